The third-order valence-electron chi connectivity index (χ3n) is 3.50. The van der Waals surface area contributed by atoms with Crippen LogP contribution < -0.4 is 5.32 Å². The van der Waals surface area contributed by atoms with Gasteiger partial charge in [-0.05, 0) is 18.9 Å². The maximum atomic E-state index is 12.2. The van der Waals surface area contributed by atoms with E-state index in [0.717, 1.165) is 25.5 Å². The maximum absolute atomic E-state index is 12.2. The molecule has 1 heterocycles. The first-order chi connectivity index (χ1) is 9.52. The predicted molar refractivity (Wildman–Crippen MR) is 71.6 cm³/mol. The van der Waals surface area contributed by atoms with Gasteiger partial charge < -0.3 is 10.4 Å². The van der Waals surface area contributed by atoms with E-state index in [0.29, 0.717) is 0 Å². The van der Waals surface area contributed by atoms with Gasteiger partial charge in [-0.25, -0.2) is 4.98 Å². The quantitative estimate of drug-likeness (QED) is 0.498. The van der Waals surface area contributed by atoms with E-state index < -0.39 is 10.8 Å². The van der Waals surface area contributed by atoms with Crippen LogP contribution in [0.2, 0.25) is 5.15 Å². The molecule has 8 heteroatoms. The van der Waals surface area contributed by atoms with Crippen LogP contribution in [0.15, 0.2) is 12.3 Å². The lowest BCUT2D eigenvalue weighted by Crippen LogP contribution is -2.38. The van der Waals surface area contributed by atoms with Gasteiger partial charge in [-0.3, -0.25) is 14.9 Å². The highest BCUT2D eigenvalue weighted by Crippen LogP contribution is 2.26. The molecule has 0 spiro atoms. The molecule has 0 aromatic carbocycles. The van der Waals surface area contributed by atoms with Crippen molar-refractivity contribution in [3.05, 3.63) is 33.1 Å². The minimum absolute atomic E-state index is 0.00434. The smallest absolute Gasteiger partial charge is 0.300 e. The second kappa shape index (κ2) is 6.15. The molecular formula is C12H14ClN3O4. The number of carbonyl (C=O) groups is 1. The highest BCUT2D eigenvalue weighted by molar-refractivity contribution is 6.29. The number of nitro groups is 1. The molecule has 1 aromatic rings. The zero-order chi connectivity index (χ0) is 14.7. The number of halogens is 1. The van der Waals surface area contributed by atoms with Crippen molar-refractivity contribution in [2.45, 2.75) is 25.3 Å². The number of nitrogens with one attached hydrogen (secondary N) is 1. The molecule has 1 aliphatic carbocycles. The minimum atomic E-state index is -0.670. The van der Waals surface area contributed by atoms with Gasteiger partial charge in [0.25, 0.3) is 11.6 Å². The molecule has 108 valence electrons. The molecule has 1 fully saturated rings. The molecule has 20 heavy (non-hydrogen) atoms. The number of aliphatic hydroxyl groups excluding tert-OH is 1. The van der Waals surface area contributed by atoms with Crippen LogP contribution in [0.3, 0.4) is 0 Å². The van der Waals surface area contributed by atoms with Crippen molar-refractivity contribution in [1.29, 1.82) is 0 Å². The lowest BCUT2D eigenvalue weighted by Gasteiger charge is -2.18. The number of aromatic nitrogens is 1. The maximum Gasteiger partial charge on any atom is 0.300 e. The summed E-state index contributed by atoms with van der Waals surface area (Å²) in [5.41, 5.74) is -0.496. The largest absolute Gasteiger partial charge is 0.396 e. The number of aliphatic hydroxyl groups is 1. The summed E-state index contributed by atoms with van der Waals surface area (Å²) in [7, 11) is 0. The van der Waals surface area contributed by atoms with Gasteiger partial charge in [-0.2, -0.15) is 0 Å². The van der Waals surface area contributed by atoms with E-state index in [1.165, 1.54) is 6.07 Å². The SMILES string of the molecule is O=C(NC1CCCC1CO)c1cc(Cl)ncc1[N+](=O)[O-]. The van der Waals surface area contributed by atoms with E-state index in [9.17, 15) is 20.0 Å². The zero-order valence-corrected chi connectivity index (χ0v) is 11.3. The number of pyridine rings is 1. The zero-order valence-electron chi connectivity index (χ0n) is 10.6. The molecule has 7 nitrogen and oxygen atoms in total. The van der Waals surface area contributed by atoms with Gasteiger partial charge in [0.15, 0.2) is 0 Å². The number of hydrogen-bond donors (Lipinski definition) is 2. The summed E-state index contributed by atoms with van der Waals surface area (Å²) >= 11 is 5.68. The molecule has 1 aromatic heterocycles. The standard InChI is InChI=1S/C12H14ClN3O4/c13-11-4-8(10(5-14-11)16(19)20)12(18)15-9-3-1-2-7(9)6-17/h4-5,7,9,17H,1-3,6H2,(H,15,18). The summed E-state index contributed by atoms with van der Waals surface area (Å²) in [5, 5.41) is 22.9. The van der Waals surface area contributed by atoms with E-state index in [1.807, 2.05) is 0 Å². The Labute approximate surface area is 120 Å². The Balaban J connectivity index is 2.20. The van der Waals surface area contributed by atoms with Crippen molar-refractivity contribution in [1.82, 2.24) is 10.3 Å². The third-order valence-corrected chi connectivity index (χ3v) is 3.71. The van der Waals surface area contributed by atoms with Crippen molar-refractivity contribution < 1.29 is 14.8 Å². The van der Waals surface area contributed by atoms with Crippen LogP contribution in [0.1, 0.15) is 29.6 Å². The van der Waals surface area contributed by atoms with Crippen LogP contribution in [0.25, 0.3) is 0 Å². The summed E-state index contributed by atoms with van der Waals surface area (Å²) in [6, 6.07) is 1.01. The Morgan fingerprint density at radius 3 is 3.00 bits per heavy atom. The van der Waals surface area contributed by atoms with E-state index in [2.05, 4.69) is 10.3 Å². The van der Waals surface area contributed by atoms with Crippen LogP contribution in [-0.2, 0) is 0 Å². The summed E-state index contributed by atoms with van der Waals surface area (Å²) < 4.78 is 0. The fourth-order valence-corrected chi connectivity index (χ4v) is 2.60. The molecule has 1 amide bonds. The Hall–Kier alpha value is -1.73. The van der Waals surface area contributed by atoms with E-state index in [1.54, 1.807) is 0 Å². The Kier molecular flexibility index (Phi) is 4.51. The Morgan fingerprint density at radius 1 is 1.60 bits per heavy atom. The van der Waals surface area contributed by atoms with E-state index in [4.69, 9.17) is 11.6 Å². The van der Waals surface area contributed by atoms with Crippen molar-refractivity contribution in [2.75, 3.05) is 6.61 Å². The number of nitrogens with zero attached hydrogens (tertiary/aromatic N) is 2. The van der Waals surface area contributed by atoms with Crippen molar-refractivity contribution >= 4 is 23.2 Å². The summed E-state index contributed by atoms with van der Waals surface area (Å²) in [6.07, 6.45) is 3.47. The first kappa shape index (κ1) is 14.7. The highest BCUT2D eigenvalue weighted by atomic mass is 35.5. The molecular weight excluding hydrogens is 286 g/mol. The average molecular weight is 300 g/mol. The Bertz CT molecular complexity index is 537. The highest BCUT2D eigenvalue weighted by Gasteiger charge is 2.30. The topological polar surface area (TPSA) is 105 Å². The van der Waals surface area contributed by atoms with Gasteiger partial charge in [0, 0.05) is 18.6 Å². The van der Waals surface area contributed by atoms with Crippen LogP contribution in [0, 0.1) is 16.0 Å². The fourth-order valence-electron chi connectivity index (χ4n) is 2.44. The van der Waals surface area contributed by atoms with Gasteiger partial charge in [-0.1, -0.05) is 18.0 Å². The lowest BCUT2D eigenvalue weighted by atomic mass is 10.0. The number of carbonyl (C=O) groups excluding carboxylic acids is 1. The average Bonchev–Trinajstić information content (AvgIpc) is 2.85. The first-order valence-corrected chi connectivity index (χ1v) is 6.62. The molecule has 0 radical (unpaired) electrons. The molecule has 0 saturated heterocycles. The molecule has 0 bridgehead atoms. The van der Waals surface area contributed by atoms with Crippen molar-refractivity contribution in [3.8, 4) is 0 Å². The van der Waals surface area contributed by atoms with Gasteiger partial charge in [0.1, 0.15) is 16.9 Å². The predicted octanol–water partition coefficient (Wildman–Crippen LogP) is 1.53. The van der Waals surface area contributed by atoms with Gasteiger partial charge in [0.2, 0.25) is 0 Å². The second-order valence-corrected chi connectivity index (χ2v) is 5.12. The molecule has 2 rings (SSSR count). The van der Waals surface area contributed by atoms with Crippen LogP contribution in [-0.4, -0.2) is 33.6 Å². The monoisotopic (exact) mass is 299 g/mol. The van der Waals surface area contributed by atoms with Crippen LogP contribution in [0.4, 0.5) is 5.69 Å². The molecule has 0 aliphatic heterocycles. The molecule has 1 saturated carbocycles. The van der Waals surface area contributed by atoms with Gasteiger partial charge in [-0.15, -0.1) is 0 Å². The minimum Gasteiger partial charge on any atom is -0.396 e. The van der Waals surface area contributed by atoms with Crippen molar-refractivity contribution in [3.63, 3.8) is 0 Å². The third kappa shape index (κ3) is 3.05. The van der Waals surface area contributed by atoms with Crippen molar-refractivity contribution in [2.24, 2.45) is 5.92 Å². The van der Waals surface area contributed by atoms with E-state index in [-0.39, 0.29) is 35.0 Å². The van der Waals surface area contributed by atoms with Gasteiger partial charge >= 0.3 is 0 Å². The number of rotatable bonds is 4. The lowest BCUT2D eigenvalue weighted by molar-refractivity contribution is -0.385. The number of hydrogen-bond acceptors (Lipinski definition) is 5. The summed E-state index contributed by atoms with van der Waals surface area (Å²) in [5.74, 6) is -0.568. The molecule has 2 atom stereocenters. The van der Waals surface area contributed by atoms with Gasteiger partial charge in [0.05, 0.1) is 4.92 Å². The van der Waals surface area contributed by atoms with Crippen LogP contribution >= 0.6 is 11.6 Å². The fraction of sp³-hybridized carbons (Fsp3) is 0.500. The Morgan fingerprint density at radius 2 is 2.35 bits per heavy atom. The summed E-state index contributed by atoms with van der Waals surface area (Å²) in [6.45, 7) is -0.00978. The van der Waals surface area contributed by atoms with E-state index >= 15 is 0 Å². The molecule has 2 N–H and O–H groups in total. The first-order valence-electron chi connectivity index (χ1n) is 6.24. The number of amides is 1. The molecule has 1 aliphatic rings. The summed E-state index contributed by atoms with van der Waals surface area (Å²) in [4.78, 5) is 26.0. The molecule has 2 unspecified atom stereocenters. The normalized spacial score (nSPS) is 21.7. The van der Waals surface area contributed by atoms with Crippen LogP contribution in [0.5, 0.6) is 0 Å². The second-order valence-electron chi connectivity index (χ2n) is 4.73.